The van der Waals surface area contributed by atoms with Crippen LogP contribution in [-0.2, 0) is 10.1 Å². The second-order valence-electron chi connectivity index (χ2n) is 5.30. The second kappa shape index (κ2) is 10.6. The van der Waals surface area contributed by atoms with E-state index in [0.717, 1.165) is 16.7 Å². The van der Waals surface area contributed by atoms with Gasteiger partial charge in [-0.05, 0) is 28.3 Å². The molecule has 0 fully saturated rings. The normalized spacial score (nSPS) is 10.8. The Labute approximate surface area is 201 Å². The monoisotopic (exact) mass is 384 g/mol. The minimum Gasteiger partial charge on any atom is -1.00 e. The maximum absolute atomic E-state index is 11.5. The van der Waals surface area contributed by atoms with Crippen LogP contribution < -0.4 is 59.1 Å². The van der Waals surface area contributed by atoms with Gasteiger partial charge in [-0.25, -0.2) is 0 Å². The van der Waals surface area contributed by atoms with Crippen molar-refractivity contribution in [2.24, 2.45) is 0 Å². The standard InChI is InChI=1S/C20H16O3S.2Na.2H/c21-24(22,23)20-13-7-5-11-18(20)15-14-17-10-4-6-12-19(17)16-8-2-1-3-9-16;;;;/h1-15H,(H,21,22,23);;;;/q;2*+1;2*-1/b15-14+;;;;. The van der Waals surface area contributed by atoms with Crippen molar-refractivity contribution in [1.29, 1.82) is 0 Å². The van der Waals surface area contributed by atoms with E-state index in [2.05, 4.69) is 0 Å². The zero-order valence-electron chi connectivity index (χ0n) is 16.8. The molecule has 0 aromatic heterocycles. The molecular formula is C20H18Na2O3S. The van der Waals surface area contributed by atoms with Crippen LogP contribution in [0.2, 0.25) is 0 Å². The van der Waals surface area contributed by atoms with Crippen LogP contribution in [0.1, 0.15) is 14.0 Å². The molecule has 0 radical (unpaired) electrons. The van der Waals surface area contributed by atoms with Crippen molar-refractivity contribution in [3.05, 3.63) is 90.0 Å². The molecule has 0 aliphatic rings. The van der Waals surface area contributed by atoms with Gasteiger partial charge in [-0.3, -0.25) is 4.55 Å². The average Bonchev–Trinajstić information content (AvgIpc) is 2.60. The Hall–Kier alpha value is -0.690. The smallest absolute Gasteiger partial charge is 1.00 e. The number of hydrogen-bond acceptors (Lipinski definition) is 2. The summed E-state index contributed by atoms with van der Waals surface area (Å²) >= 11 is 0. The van der Waals surface area contributed by atoms with Crippen LogP contribution in [0.15, 0.2) is 83.8 Å². The Kier molecular flexibility index (Phi) is 9.51. The molecule has 6 heteroatoms. The van der Waals surface area contributed by atoms with Gasteiger partial charge < -0.3 is 2.85 Å². The van der Waals surface area contributed by atoms with Crippen LogP contribution in [0.5, 0.6) is 0 Å². The van der Waals surface area contributed by atoms with E-state index >= 15 is 0 Å². The molecule has 3 rings (SSSR count). The Bertz CT molecular complexity index is 995. The first kappa shape index (κ1) is 23.3. The minimum absolute atomic E-state index is 0. The molecule has 0 bridgehead atoms. The van der Waals surface area contributed by atoms with Crippen LogP contribution in [-0.4, -0.2) is 13.0 Å². The summed E-state index contributed by atoms with van der Waals surface area (Å²) < 4.78 is 32.3. The van der Waals surface area contributed by atoms with Gasteiger partial charge in [-0.1, -0.05) is 84.9 Å². The van der Waals surface area contributed by atoms with Gasteiger partial charge >= 0.3 is 59.1 Å². The molecule has 124 valence electrons. The van der Waals surface area contributed by atoms with Gasteiger partial charge in [0, 0.05) is 0 Å². The van der Waals surface area contributed by atoms with E-state index < -0.39 is 10.1 Å². The van der Waals surface area contributed by atoms with Crippen molar-refractivity contribution in [3.8, 4) is 11.1 Å². The van der Waals surface area contributed by atoms with Gasteiger partial charge in [-0.2, -0.15) is 8.42 Å². The largest absolute Gasteiger partial charge is 1.00 e. The van der Waals surface area contributed by atoms with E-state index in [0.29, 0.717) is 5.56 Å². The number of hydrogen-bond donors (Lipinski definition) is 1. The maximum Gasteiger partial charge on any atom is 1.00 e. The van der Waals surface area contributed by atoms with Crippen molar-refractivity contribution in [2.75, 3.05) is 0 Å². The Morgan fingerprint density at radius 2 is 1.19 bits per heavy atom. The number of rotatable bonds is 4. The van der Waals surface area contributed by atoms with Crippen LogP contribution in [0.3, 0.4) is 0 Å². The summed E-state index contributed by atoms with van der Waals surface area (Å²) in [5, 5.41) is 0. The molecule has 0 spiro atoms. The quantitative estimate of drug-likeness (QED) is 0.357. The average molecular weight is 384 g/mol. The molecule has 0 heterocycles. The molecule has 26 heavy (non-hydrogen) atoms. The zero-order valence-corrected chi connectivity index (χ0v) is 19.6. The van der Waals surface area contributed by atoms with Gasteiger partial charge in [0.2, 0.25) is 0 Å². The first-order chi connectivity index (χ1) is 11.6. The SMILES string of the molecule is O=S(=O)(O)c1ccccc1/C=C/c1ccccc1-c1ccccc1.[H-].[H-].[Na+].[Na+]. The minimum atomic E-state index is -4.25. The fourth-order valence-electron chi connectivity index (χ4n) is 2.56. The van der Waals surface area contributed by atoms with Crippen molar-refractivity contribution in [2.45, 2.75) is 4.90 Å². The first-order valence-electron chi connectivity index (χ1n) is 7.45. The topological polar surface area (TPSA) is 54.4 Å². The van der Waals surface area contributed by atoms with Crippen LogP contribution in [0, 0.1) is 0 Å². The molecule has 3 aromatic rings. The van der Waals surface area contributed by atoms with Gasteiger partial charge in [-0.15, -0.1) is 0 Å². The molecule has 0 aliphatic heterocycles. The van der Waals surface area contributed by atoms with Crippen molar-refractivity contribution < 1.29 is 74.9 Å². The summed E-state index contributed by atoms with van der Waals surface area (Å²) in [6.07, 6.45) is 3.55. The molecular weight excluding hydrogens is 366 g/mol. The van der Waals surface area contributed by atoms with E-state index in [-0.39, 0.29) is 66.9 Å². The van der Waals surface area contributed by atoms with Gasteiger partial charge in [0.25, 0.3) is 10.1 Å². The number of benzene rings is 3. The first-order valence-corrected chi connectivity index (χ1v) is 8.89. The summed E-state index contributed by atoms with van der Waals surface area (Å²) in [7, 11) is -4.25. The predicted octanol–water partition coefficient (Wildman–Crippen LogP) is -0.996. The predicted molar refractivity (Wildman–Crippen MR) is 99.3 cm³/mol. The summed E-state index contributed by atoms with van der Waals surface area (Å²) in [5.41, 5.74) is 3.55. The molecule has 0 saturated heterocycles. The molecule has 1 N–H and O–H groups in total. The third-order valence-electron chi connectivity index (χ3n) is 3.68. The third kappa shape index (κ3) is 5.91. The molecule has 0 amide bonds. The molecule has 0 unspecified atom stereocenters. The molecule has 0 saturated carbocycles. The molecule has 0 aliphatic carbocycles. The molecule has 0 atom stereocenters. The summed E-state index contributed by atoms with van der Waals surface area (Å²) in [6.45, 7) is 0. The Morgan fingerprint density at radius 1 is 0.692 bits per heavy atom. The van der Waals surface area contributed by atoms with Crippen molar-refractivity contribution in [3.63, 3.8) is 0 Å². The van der Waals surface area contributed by atoms with Crippen LogP contribution in [0.4, 0.5) is 0 Å². The van der Waals surface area contributed by atoms with E-state index in [9.17, 15) is 13.0 Å². The van der Waals surface area contributed by atoms with Crippen molar-refractivity contribution in [1.82, 2.24) is 0 Å². The maximum atomic E-state index is 11.5. The zero-order chi connectivity index (χ0) is 17.0. The van der Waals surface area contributed by atoms with Crippen LogP contribution in [0.25, 0.3) is 23.3 Å². The summed E-state index contributed by atoms with van der Waals surface area (Å²) in [6, 6.07) is 24.2. The summed E-state index contributed by atoms with van der Waals surface area (Å²) in [4.78, 5) is -0.0987. The third-order valence-corrected chi connectivity index (χ3v) is 4.61. The molecule has 3 nitrogen and oxygen atoms in total. The second-order valence-corrected chi connectivity index (χ2v) is 6.69. The Balaban J connectivity index is 0. The van der Waals surface area contributed by atoms with E-state index in [1.807, 2.05) is 60.7 Å². The van der Waals surface area contributed by atoms with Gasteiger partial charge in [0.05, 0.1) is 0 Å². The fraction of sp³-hybridized carbons (Fsp3) is 0. The van der Waals surface area contributed by atoms with Crippen molar-refractivity contribution >= 4 is 22.3 Å². The van der Waals surface area contributed by atoms with Crippen LogP contribution >= 0.6 is 0 Å². The summed E-state index contributed by atoms with van der Waals surface area (Å²) in [5.74, 6) is 0. The van der Waals surface area contributed by atoms with E-state index in [4.69, 9.17) is 0 Å². The van der Waals surface area contributed by atoms with E-state index in [1.54, 1.807) is 24.3 Å². The fourth-order valence-corrected chi connectivity index (χ4v) is 3.24. The van der Waals surface area contributed by atoms with Gasteiger partial charge in [0.15, 0.2) is 0 Å². The van der Waals surface area contributed by atoms with Gasteiger partial charge in [0.1, 0.15) is 4.90 Å². The van der Waals surface area contributed by atoms with E-state index in [1.165, 1.54) is 6.07 Å². The Morgan fingerprint density at radius 3 is 1.85 bits per heavy atom. The molecule has 3 aromatic carbocycles.